The van der Waals surface area contributed by atoms with Gasteiger partial charge >= 0.3 is 0 Å². The SMILES string of the molecule is Cc1[nH]c2ccc(F)cc2c1CC(=O)N1CCCCC1C1OCCO1. The third-order valence-electron chi connectivity index (χ3n) is 5.24. The minimum atomic E-state index is -0.314. The number of aromatic nitrogens is 1. The Morgan fingerprint density at radius 3 is 2.92 bits per heavy atom. The normalized spacial score (nSPS) is 22.0. The molecule has 1 unspecified atom stereocenters. The Hall–Kier alpha value is -1.92. The molecule has 1 aromatic carbocycles. The molecule has 6 heteroatoms. The molecule has 1 amide bonds. The van der Waals surface area contributed by atoms with E-state index < -0.39 is 0 Å². The van der Waals surface area contributed by atoms with Crippen LogP contribution in [0.5, 0.6) is 0 Å². The molecule has 0 bridgehead atoms. The summed E-state index contributed by atoms with van der Waals surface area (Å²) in [5.74, 6) is -0.235. The Bertz CT molecular complexity index is 782. The van der Waals surface area contributed by atoms with Gasteiger partial charge in [0.05, 0.1) is 25.7 Å². The van der Waals surface area contributed by atoms with Crippen molar-refractivity contribution in [2.24, 2.45) is 0 Å². The van der Waals surface area contributed by atoms with E-state index in [2.05, 4.69) is 4.98 Å². The molecule has 3 heterocycles. The highest BCUT2D eigenvalue weighted by Gasteiger charge is 2.36. The second kappa shape index (κ2) is 6.77. The first-order chi connectivity index (χ1) is 12.1. The number of nitrogens with one attached hydrogen (secondary N) is 1. The average molecular weight is 346 g/mol. The molecule has 0 aliphatic carbocycles. The number of rotatable bonds is 3. The average Bonchev–Trinajstić information content (AvgIpc) is 3.24. The van der Waals surface area contributed by atoms with Gasteiger partial charge in [0, 0.05) is 23.1 Å². The van der Waals surface area contributed by atoms with E-state index >= 15 is 0 Å². The first kappa shape index (κ1) is 16.5. The summed E-state index contributed by atoms with van der Waals surface area (Å²) in [7, 11) is 0. The summed E-state index contributed by atoms with van der Waals surface area (Å²) in [6.45, 7) is 3.83. The maximum atomic E-state index is 13.6. The lowest BCUT2D eigenvalue weighted by Gasteiger charge is -2.38. The first-order valence-electron chi connectivity index (χ1n) is 8.93. The zero-order valence-corrected chi connectivity index (χ0v) is 14.4. The van der Waals surface area contributed by atoms with Crippen molar-refractivity contribution in [3.8, 4) is 0 Å². The monoisotopic (exact) mass is 346 g/mol. The van der Waals surface area contributed by atoms with Crippen LogP contribution >= 0.6 is 0 Å². The van der Waals surface area contributed by atoms with Crippen LogP contribution in [0.3, 0.4) is 0 Å². The van der Waals surface area contributed by atoms with Crippen LogP contribution in [0.4, 0.5) is 4.39 Å². The predicted molar refractivity (Wildman–Crippen MR) is 91.7 cm³/mol. The van der Waals surface area contributed by atoms with Crippen molar-refractivity contribution in [1.82, 2.24) is 9.88 Å². The lowest BCUT2D eigenvalue weighted by Crippen LogP contribution is -2.50. The van der Waals surface area contributed by atoms with Gasteiger partial charge in [-0.25, -0.2) is 4.39 Å². The number of carbonyl (C=O) groups is 1. The smallest absolute Gasteiger partial charge is 0.227 e. The van der Waals surface area contributed by atoms with E-state index in [0.29, 0.717) is 13.2 Å². The third-order valence-corrected chi connectivity index (χ3v) is 5.24. The maximum absolute atomic E-state index is 13.6. The molecule has 5 nitrogen and oxygen atoms in total. The highest BCUT2D eigenvalue weighted by atomic mass is 19.1. The molecule has 2 aromatic rings. The molecule has 1 aromatic heterocycles. The fourth-order valence-electron chi connectivity index (χ4n) is 3.98. The number of amides is 1. The number of nitrogens with zero attached hydrogens (tertiary/aromatic N) is 1. The van der Waals surface area contributed by atoms with Crippen LogP contribution < -0.4 is 0 Å². The van der Waals surface area contributed by atoms with Gasteiger partial charge in [-0.2, -0.15) is 0 Å². The number of benzene rings is 1. The van der Waals surface area contributed by atoms with E-state index in [1.165, 1.54) is 12.1 Å². The van der Waals surface area contributed by atoms with Crippen molar-refractivity contribution in [1.29, 1.82) is 0 Å². The largest absolute Gasteiger partial charge is 0.358 e. The molecule has 2 fully saturated rings. The molecule has 0 radical (unpaired) electrons. The number of H-pyrrole nitrogens is 1. The fourth-order valence-corrected chi connectivity index (χ4v) is 3.98. The molecular weight excluding hydrogens is 323 g/mol. The number of aromatic amines is 1. The second-order valence-electron chi connectivity index (χ2n) is 6.86. The summed E-state index contributed by atoms with van der Waals surface area (Å²) in [5.41, 5.74) is 2.65. The van der Waals surface area contributed by atoms with E-state index in [0.717, 1.165) is 48.0 Å². The fraction of sp³-hybridized carbons (Fsp3) is 0.526. The quantitative estimate of drug-likeness (QED) is 0.930. The van der Waals surface area contributed by atoms with E-state index in [9.17, 15) is 9.18 Å². The molecule has 2 aliphatic rings. The topological polar surface area (TPSA) is 54.6 Å². The number of hydrogen-bond donors (Lipinski definition) is 1. The van der Waals surface area contributed by atoms with E-state index in [4.69, 9.17) is 9.47 Å². The highest BCUT2D eigenvalue weighted by Crippen LogP contribution is 2.28. The lowest BCUT2D eigenvalue weighted by molar-refractivity contribution is -0.149. The summed E-state index contributed by atoms with van der Waals surface area (Å²) in [6, 6.07) is 4.62. The molecule has 0 saturated carbocycles. The van der Waals surface area contributed by atoms with Crippen molar-refractivity contribution < 1.29 is 18.7 Å². The number of hydrogen-bond acceptors (Lipinski definition) is 3. The molecule has 2 aliphatic heterocycles. The summed E-state index contributed by atoms with van der Waals surface area (Å²) in [6.07, 6.45) is 2.92. The number of halogens is 1. The number of fused-ring (bicyclic) bond motifs is 1. The summed E-state index contributed by atoms with van der Waals surface area (Å²) >= 11 is 0. The van der Waals surface area contributed by atoms with Crippen LogP contribution in [0.25, 0.3) is 10.9 Å². The van der Waals surface area contributed by atoms with Crippen molar-refractivity contribution in [2.75, 3.05) is 19.8 Å². The van der Waals surface area contributed by atoms with Gasteiger partial charge in [0.2, 0.25) is 5.91 Å². The Balaban J connectivity index is 1.58. The summed E-state index contributed by atoms with van der Waals surface area (Å²) in [5, 5.41) is 0.785. The van der Waals surface area contributed by atoms with Crippen molar-refractivity contribution in [3.05, 3.63) is 35.3 Å². The molecule has 134 valence electrons. The zero-order valence-electron chi connectivity index (χ0n) is 14.4. The van der Waals surface area contributed by atoms with Crippen molar-refractivity contribution in [2.45, 2.75) is 44.9 Å². The van der Waals surface area contributed by atoms with E-state index in [1.54, 1.807) is 6.07 Å². The predicted octanol–water partition coefficient (Wildman–Crippen LogP) is 2.91. The molecular formula is C19H23FN2O3. The molecule has 0 spiro atoms. The maximum Gasteiger partial charge on any atom is 0.227 e. The van der Waals surface area contributed by atoms with Gasteiger partial charge in [-0.1, -0.05) is 0 Å². The minimum Gasteiger partial charge on any atom is -0.358 e. The van der Waals surface area contributed by atoms with Gasteiger partial charge in [-0.05, 0) is 49.9 Å². The van der Waals surface area contributed by atoms with Crippen LogP contribution in [0.15, 0.2) is 18.2 Å². The Kier molecular flexibility index (Phi) is 4.48. The number of carbonyl (C=O) groups excluding carboxylic acids is 1. The summed E-state index contributed by atoms with van der Waals surface area (Å²) in [4.78, 5) is 18.2. The van der Waals surface area contributed by atoms with Crippen LogP contribution in [0, 0.1) is 12.7 Å². The van der Waals surface area contributed by atoms with Gasteiger partial charge in [-0.3, -0.25) is 4.79 Å². The van der Waals surface area contributed by atoms with Crippen LogP contribution in [-0.4, -0.2) is 47.9 Å². The highest BCUT2D eigenvalue weighted by molar-refractivity contribution is 5.90. The Morgan fingerprint density at radius 2 is 2.12 bits per heavy atom. The van der Waals surface area contributed by atoms with Gasteiger partial charge in [0.25, 0.3) is 0 Å². The lowest BCUT2D eigenvalue weighted by atomic mass is 9.99. The Morgan fingerprint density at radius 1 is 1.32 bits per heavy atom. The van der Waals surface area contributed by atoms with E-state index in [-0.39, 0.29) is 30.5 Å². The summed E-state index contributed by atoms with van der Waals surface area (Å²) < 4.78 is 24.9. The first-order valence-corrected chi connectivity index (χ1v) is 8.93. The van der Waals surface area contributed by atoms with Gasteiger partial charge in [0.1, 0.15) is 5.82 Å². The second-order valence-corrected chi connectivity index (χ2v) is 6.86. The molecule has 4 rings (SSSR count). The van der Waals surface area contributed by atoms with Crippen LogP contribution in [0.2, 0.25) is 0 Å². The molecule has 25 heavy (non-hydrogen) atoms. The number of likely N-dealkylation sites (tertiary alicyclic amines) is 1. The number of piperidine rings is 1. The molecule has 1 atom stereocenters. The standard InChI is InChI=1S/C19H23FN2O3/c1-12-14(15-10-13(20)5-6-16(15)21-12)11-18(23)22-7-3-2-4-17(22)19-24-8-9-25-19/h5-6,10,17,19,21H,2-4,7-9,11H2,1H3. The van der Waals surface area contributed by atoms with Gasteiger partial charge < -0.3 is 19.4 Å². The Labute approximate surface area is 146 Å². The molecule has 1 N–H and O–H groups in total. The van der Waals surface area contributed by atoms with Crippen LogP contribution in [-0.2, 0) is 20.7 Å². The van der Waals surface area contributed by atoms with Gasteiger partial charge in [-0.15, -0.1) is 0 Å². The van der Waals surface area contributed by atoms with Crippen LogP contribution in [0.1, 0.15) is 30.5 Å². The van der Waals surface area contributed by atoms with Crippen molar-refractivity contribution >= 4 is 16.8 Å². The minimum absolute atomic E-state index is 0.0222. The third kappa shape index (κ3) is 3.16. The molecule has 2 saturated heterocycles. The van der Waals surface area contributed by atoms with Gasteiger partial charge in [0.15, 0.2) is 6.29 Å². The number of ether oxygens (including phenoxy) is 2. The number of aryl methyl sites for hydroxylation is 1. The zero-order chi connectivity index (χ0) is 17.4. The van der Waals surface area contributed by atoms with E-state index in [1.807, 2.05) is 11.8 Å². The van der Waals surface area contributed by atoms with Crippen molar-refractivity contribution in [3.63, 3.8) is 0 Å².